The number of rotatable bonds is 15. The van der Waals surface area contributed by atoms with Gasteiger partial charge in [-0.05, 0) is 79.1 Å². The first-order chi connectivity index (χ1) is 17.6. The van der Waals surface area contributed by atoms with Crippen molar-refractivity contribution in [3.8, 4) is 0 Å². The average Bonchev–Trinajstić information content (AvgIpc) is 3.58. The van der Waals surface area contributed by atoms with Gasteiger partial charge in [0.15, 0.2) is 0 Å². The molecule has 0 aromatic rings. The summed E-state index contributed by atoms with van der Waals surface area (Å²) in [4.78, 5) is 45.8. The summed E-state index contributed by atoms with van der Waals surface area (Å²) in [5.41, 5.74) is -3.00. The van der Waals surface area contributed by atoms with Gasteiger partial charge >= 0.3 is 0 Å². The Morgan fingerprint density at radius 1 is 0.425 bits per heavy atom. The van der Waals surface area contributed by atoms with E-state index in [0.29, 0.717) is 12.8 Å². The van der Waals surface area contributed by atoms with E-state index in [0.717, 1.165) is 0 Å². The summed E-state index contributed by atoms with van der Waals surface area (Å²) < 4.78 is 0. The molecule has 0 spiro atoms. The fourth-order valence-electron chi connectivity index (χ4n) is 8.16. The summed E-state index contributed by atoms with van der Waals surface area (Å²) in [6.45, 7) is 38.4. The highest BCUT2D eigenvalue weighted by atomic mass is 17.4. The van der Waals surface area contributed by atoms with Crippen molar-refractivity contribution in [2.75, 3.05) is 0 Å². The summed E-state index contributed by atoms with van der Waals surface area (Å²) in [5.74, 6) is 0.162. The van der Waals surface area contributed by atoms with Crippen LogP contribution in [0.2, 0.25) is 0 Å². The highest BCUT2D eigenvalue weighted by Crippen LogP contribution is 2.55. The van der Waals surface area contributed by atoms with Crippen molar-refractivity contribution in [3.05, 3.63) is 0 Å². The maximum atomic E-state index is 6.25. The third kappa shape index (κ3) is 9.09. The van der Waals surface area contributed by atoms with E-state index in [1.807, 2.05) is 27.7 Å². The van der Waals surface area contributed by atoms with Crippen LogP contribution in [0.3, 0.4) is 0 Å². The molecule has 238 valence electrons. The van der Waals surface area contributed by atoms with Gasteiger partial charge in [-0.15, -0.1) is 0 Å². The van der Waals surface area contributed by atoms with Crippen LogP contribution in [-0.2, 0) is 39.1 Å². The summed E-state index contributed by atoms with van der Waals surface area (Å²) in [7, 11) is 0. The molecule has 0 saturated carbocycles. The van der Waals surface area contributed by atoms with Crippen LogP contribution < -0.4 is 0 Å². The molecule has 0 amide bonds. The maximum absolute atomic E-state index is 6.25. The molecule has 40 heavy (non-hydrogen) atoms. The molecule has 0 radical (unpaired) electrons. The number of hydrogen-bond donors (Lipinski definition) is 0. The monoisotopic (exact) mass is 574 g/mol. The van der Waals surface area contributed by atoms with Crippen molar-refractivity contribution in [2.45, 2.75) is 172 Å². The Labute approximate surface area is 245 Å². The Balaban J connectivity index is 2.02. The maximum Gasteiger partial charge on any atom is 0.230 e. The van der Waals surface area contributed by atoms with Crippen LogP contribution in [-0.4, -0.2) is 35.0 Å². The molecule has 2 heterocycles. The molecule has 2 atom stereocenters. The minimum absolute atomic E-state index is 0.0764. The summed E-state index contributed by atoms with van der Waals surface area (Å²) >= 11 is 0. The second kappa shape index (κ2) is 11.3. The molecule has 2 fully saturated rings. The molecule has 2 aliphatic heterocycles. The minimum Gasteiger partial charge on any atom is -0.230 e. The van der Waals surface area contributed by atoms with Gasteiger partial charge in [0.05, 0.1) is 11.2 Å². The van der Waals surface area contributed by atoms with E-state index in [-0.39, 0.29) is 46.1 Å². The van der Waals surface area contributed by atoms with Gasteiger partial charge in [0.2, 0.25) is 12.6 Å². The minimum atomic E-state index is -0.600. The normalized spacial score (nSPS) is 20.6. The van der Waals surface area contributed by atoms with Gasteiger partial charge in [-0.25, -0.2) is 19.6 Å². The zero-order valence-electron chi connectivity index (χ0n) is 29.0. The Kier molecular flexibility index (Phi) is 10.1. The lowest BCUT2D eigenvalue weighted by Gasteiger charge is -2.50. The van der Waals surface area contributed by atoms with E-state index in [4.69, 9.17) is 39.1 Å². The van der Waals surface area contributed by atoms with E-state index in [9.17, 15) is 0 Å². The standard InChI is InChI=1S/C32H62O8/c1-25(2,3)21(29(11,12)23-33-34-23)31(15,16)39-37-27(7,8)19-20-28(9,10)38-40-32(17,18)22(26(4,5)6)30(13,14)24-35-36-24/h21-24H,19-20H2,1-18H3. The molecule has 2 unspecified atom stereocenters. The molecule has 0 N–H and O–H groups in total. The van der Waals surface area contributed by atoms with Crippen molar-refractivity contribution in [1.82, 2.24) is 0 Å². The van der Waals surface area contributed by atoms with E-state index in [1.54, 1.807) is 0 Å². The van der Waals surface area contributed by atoms with Crippen molar-refractivity contribution in [2.24, 2.45) is 33.5 Å². The fraction of sp³-hybridized carbons (Fsp3) is 1.00. The average molecular weight is 575 g/mol. The van der Waals surface area contributed by atoms with E-state index in [1.165, 1.54) is 0 Å². The van der Waals surface area contributed by atoms with Gasteiger partial charge < -0.3 is 0 Å². The molecule has 2 rings (SSSR count). The predicted octanol–water partition coefficient (Wildman–Crippen LogP) is 8.73. The van der Waals surface area contributed by atoms with Crippen LogP contribution in [0, 0.1) is 33.5 Å². The van der Waals surface area contributed by atoms with Crippen LogP contribution >= 0.6 is 0 Å². The molecule has 0 bridgehead atoms. The molecule has 0 aromatic carbocycles. The first-order valence-electron chi connectivity index (χ1n) is 14.9. The van der Waals surface area contributed by atoms with Crippen LogP contribution in [0.25, 0.3) is 0 Å². The van der Waals surface area contributed by atoms with Gasteiger partial charge in [-0.2, -0.15) is 19.6 Å². The van der Waals surface area contributed by atoms with E-state index in [2.05, 4.69) is 96.9 Å². The summed E-state index contributed by atoms with van der Waals surface area (Å²) in [6, 6.07) is 0. The highest BCUT2D eigenvalue weighted by molar-refractivity contribution is 5.00. The summed E-state index contributed by atoms with van der Waals surface area (Å²) in [5, 5.41) is 0. The molecule has 2 aliphatic rings. The zero-order chi connectivity index (χ0) is 31.4. The zero-order valence-corrected chi connectivity index (χ0v) is 29.0. The van der Waals surface area contributed by atoms with Gasteiger partial charge in [-0.3, -0.25) is 0 Å². The van der Waals surface area contributed by atoms with Crippen molar-refractivity contribution in [1.29, 1.82) is 0 Å². The van der Waals surface area contributed by atoms with Crippen molar-refractivity contribution >= 4 is 0 Å². The second-order valence-corrected chi connectivity index (χ2v) is 17.8. The highest BCUT2D eigenvalue weighted by Gasteiger charge is 2.59. The number of hydrogen-bond acceptors (Lipinski definition) is 8. The van der Waals surface area contributed by atoms with Crippen molar-refractivity contribution in [3.63, 3.8) is 0 Å². The molecule has 2 saturated heterocycles. The topological polar surface area (TPSA) is 87.0 Å². The molecule has 0 aliphatic carbocycles. The molecule has 0 aromatic heterocycles. The molecule has 8 nitrogen and oxygen atoms in total. The van der Waals surface area contributed by atoms with Gasteiger partial charge in [0, 0.05) is 22.7 Å². The first-order valence-corrected chi connectivity index (χ1v) is 14.9. The van der Waals surface area contributed by atoms with Crippen molar-refractivity contribution < 1.29 is 39.1 Å². The van der Waals surface area contributed by atoms with Gasteiger partial charge in [0.1, 0.15) is 11.2 Å². The summed E-state index contributed by atoms with van der Waals surface area (Å²) in [6.07, 6.45) is 0.914. The first kappa shape index (κ1) is 35.9. The lowest BCUT2D eigenvalue weighted by atomic mass is 9.59. The fourth-order valence-corrected chi connectivity index (χ4v) is 8.16. The second-order valence-electron chi connectivity index (χ2n) is 17.8. The molecular weight excluding hydrogens is 512 g/mol. The van der Waals surface area contributed by atoms with Gasteiger partial charge in [0.25, 0.3) is 0 Å². The quantitative estimate of drug-likeness (QED) is 0.109. The van der Waals surface area contributed by atoms with Crippen LogP contribution in [0.5, 0.6) is 0 Å². The van der Waals surface area contributed by atoms with Crippen LogP contribution in [0.1, 0.15) is 137 Å². The Morgan fingerprint density at radius 3 is 0.875 bits per heavy atom. The Bertz CT molecular complexity index is 766. The lowest BCUT2D eigenvalue weighted by molar-refractivity contribution is -0.430. The SMILES string of the molecule is CC(C)(CCC(C)(C)OOC(C)(C)C(C(C)(C)C)C(C)(C)C1OO1)OOC(C)(C)C(C(C)(C)C)C(C)(C)C1OO1. The van der Waals surface area contributed by atoms with Gasteiger partial charge in [-0.1, -0.05) is 69.2 Å². The van der Waals surface area contributed by atoms with E-state index < -0.39 is 22.4 Å². The smallest absolute Gasteiger partial charge is 0.230 e. The Morgan fingerprint density at radius 2 is 0.675 bits per heavy atom. The predicted molar refractivity (Wildman–Crippen MR) is 155 cm³/mol. The molecular formula is C32H62O8. The largest absolute Gasteiger partial charge is 0.230 e. The lowest BCUT2D eigenvalue weighted by Crippen LogP contribution is -2.53. The third-order valence-electron chi connectivity index (χ3n) is 8.50. The van der Waals surface area contributed by atoms with Crippen LogP contribution in [0.15, 0.2) is 0 Å². The molecule has 8 heteroatoms. The third-order valence-corrected chi connectivity index (χ3v) is 8.50. The van der Waals surface area contributed by atoms with Crippen LogP contribution in [0.4, 0.5) is 0 Å². The van der Waals surface area contributed by atoms with E-state index >= 15 is 0 Å². The Hall–Kier alpha value is -0.320.